The Bertz CT molecular complexity index is 549. The topological polar surface area (TPSA) is 39.2 Å². The molecule has 0 atom stereocenters. The van der Waals surface area contributed by atoms with Crippen molar-refractivity contribution < 1.29 is 9.53 Å². The molecule has 0 spiro atoms. The number of rotatable bonds is 5. The summed E-state index contributed by atoms with van der Waals surface area (Å²) >= 11 is 1.64. The van der Waals surface area contributed by atoms with Gasteiger partial charge in [0.2, 0.25) is 0 Å². The number of hydrogen-bond donors (Lipinski definition) is 0. The molecule has 19 heavy (non-hydrogen) atoms. The second kappa shape index (κ2) is 6.48. The summed E-state index contributed by atoms with van der Waals surface area (Å²) < 4.78 is 4.93. The second-order valence-corrected chi connectivity index (χ2v) is 5.19. The van der Waals surface area contributed by atoms with Gasteiger partial charge in [-0.05, 0) is 31.4 Å². The van der Waals surface area contributed by atoms with Crippen LogP contribution in [-0.4, -0.2) is 17.6 Å². The van der Waals surface area contributed by atoms with Crippen LogP contribution in [0.3, 0.4) is 0 Å². The predicted molar refractivity (Wildman–Crippen MR) is 77.2 cm³/mol. The molecule has 2 aromatic rings. The quantitative estimate of drug-likeness (QED) is 0.782. The van der Waals surface area contributed by atoms with Crippen molar-refractivity contribution in [3.05, 3.63) is 40.9 Å². The van der Waals surface area contributed by atoms with Gasteiger partial charge in [0.15, 0.2) is 0 Å². The van der Waals surface area contributed by atoms with E-state index in [0.717, 1.165) is 22.6 Å². The number of thiazole rings is 1. The van der Waals surface area contributed by atoms with Crippen LogP contribution >= 0.6 is 11.3 Å². The summed E-state index contributed by atoms with van der Waals surface area (Å²) in [4.78, 5) is 15.6. The molecule has 0 aliphatic rings. The number of nitrogens with zero attached hydrogens (tertiary/aromatic N) is 1. The van der Waals surface area contributed by atoms with Crippen LogP contribution in [0, 0.1) is 6.92 Å². The van der Waals surface area contributed by atoms with E-state index in [1.165, 1.54) is 5.56 Å². The molecule has 0 unspecified atom stereocenters. The molecule has 0 amide bonds. The van der Waals surface area contributed by atoms with E-state index in [1.54, 1.807) is 11.3 Å². The van der Waals surface area contributed by atoms with E-state index in [4.69, 9.17) is 4.74 Å². The second-order valence-electron chi connectivity index (χ2n) is 4.29. The van der Waals surface area contributed by atoms with Crippen molar-refractivity contribution in [2.24, 2.45) is 0 Å². The minimum atomic E-state index is -0.135. The van der Waals surface area contributed by atoms with Gasteiger partial charge >= 0.3 is 5.97 Å². The molecule has 1 heterocycles. The minimum absolute atomic E-state index is 0.135. The van der Waals surface area contributed by atoms with Gasteiger partial charge in [0.25, 0.3) is 0 Å². The average molecular weight is 275 g/mol. The van der Waals surface area contributed by atoms with E-state index in [2.05, 4.69) is 30.1 Å². The molecule has 0 radical (unpaired) electrons. The van der Waals surface area contributed by atoms with Gasteiger partial charge in [0.1, 0.15) is 5.01 Å². The molecule has 4 heteroatoms. The predicted octanol–water partition coefficient (Wildman–Crippen LogP) is 3.61. The summed E-state index contributed by atoms with van der Waals surface area (Å²) in [5.41, 5.74) is 3.51. The van der Waals surface area contributed by atoms with E-state index >= 15 is 0 Å². The highest BCUT2D eigenvalue weighted by Gasteiger charge is 2.07. The molecule has 0 aliphatic heterocycles. The molecule has 2 rings (SSSR count). The van der Waals surface area contributed by atoms with Gasteiger partial charge in [-0.15, -0.1) is 11.3 Å². The summed E-state index contributed by atoms with van der Waals surface area (Å²) in [6.45, 7) is 4.34. The number of esters is 1. The third-order valence-electron chi connectivity index (χ3n) is 2.88. The lowest BCUT2D eigenvalue weighted by Gasteiger charge is -2.06. The zero-order valence-electron chi connectivity index (χ0n) is 11.2. The van der Waals surface area contributed by atoms with Gasteiger partial charge in [0.05, 0.1) is 6.61 Å². The van der Waals surface area contributed by atoms with E-state index in [1.807, 2.05) is 18.5 Å². The summed E-state index contributed by atoms with van der Waals surface area (Å²) in [5.74, 6) is -0.135. The molecule has 1 aromatic carbocycles. The summed E-state index contributed by atoms with van der Waals surface area (Å²) in [7, 11) is 0. The van der Waals surface area contributed by atoms with Crippen molar-refractivity contribution in [1.29, 1.82) is 0 Å². The molecule has 0 fully saturated rings. The summed E-state index contributed by atoms with van der Waals surface area (Å²) in [6, 6.07) is 6.26. The van der Waals surface area contributed by atoms with Gasteiger partial charge in [-0.25, -0.2) is 4.98 Å². The smallest absolute Gasteiger partial charge is 0.306 e. The first-order chi connectivity index (χ1) is 9.20. The van der Waals surface area contributed by atoms with E-state index in [0.29, 0.717) is 13.0 Å². The van der Waals surface area contributed by atoms with E-state index in [-0.39, 0.29) is 5.97 Å². The lowest BCUT2D eigenvalue weighted by Crippen LogP contribution is -2.05. The molecule has 0 bridgehead atoms. The van der Waals surface area contributed by atoms with Crippen molar-refractivity contribution in [3.8, 4) is 10.6 Å². The molecule has 1 aromatic heterocycles. The molecule has 0 N–H and O–H groups in total. The Morgan fingerprint density at radius 1 is 1.42 bits per heavy atom. The van der Waals surface area contributed by atoms with Crippen molar-refractivity contribution >= 4 is 17.3 Å². The largest absolute Gasteiger partial charge is 0.466 e. The Morgan fingerprint density at radius 2 is 2.26 bits per heavy atom. The molecular weight excluding hydrogens is 258 g/mol. The molecular formula is C15H17NO2S. The average Bonchev–Trinajstić information content (AvgIpc) is 2.90. The first kappa shape index (κ1) is 13.7. The molecule has 0 saturated heterocycles. The van der Waals surface area contributed by atoms with Crippen LogP contribution in [0.15, 0.2) is 29.8 Å². The third kappa shape index (κ3) is 3.64. The van der Waals surface area contributed by atoms with Crippen LogP contribution in [0.5, 0.6) is 0 Å². The summed E-state index contributed by atoms with van der Waals surface area (Å²) in [5, 5.41) is 3.01. The number of hydrogen-bond acceptors (Lipinski definition) is 4. The first-order valence-electron chi connectivity index (χ1n) is 6.35. The minimum Gasteiger partial charge on any atom is -0.466 e. The first-order valence-corrected chi connectivity index (χ1v) is 7.23. The van der Waals surface area contributed by atoms with Crippen LogP contribution in [0.25, 0.3) is 10.6 Å². The number of carbonyl (C=O) groups is 1. The highest BCUT2D eigenvalue weighted by molar-refractivity contribution is 7.13. The molecule has 0 saturated carbocycles. The summed E-state index contributed by atoms with van der Waals surface area (Å²) in [6.07, 6.45) is 2.97. The maximum Gasteiger partial charge on any atom is 0.306 e. The highest BCUT2D eigenvalue weighted by atomic mass is 32.1. The molecule has 100 valence electrons. The van der Waals surface area contributed by atoms with Crippen LogP contribution in [0.2, 0.25) is 0 Å². The fourth-order valence-corrected chi connectivity index (χ4v) is 2.69. The van der Waals surface area contributed by atoms with Gasteiger partial charge in [-0.2, -0.15) is 0 Å². The Labute approximate surface area is 117 Å². The number of aryl methyl sites for hydroxylation is 2. The van der Waals surface area contributed by atoms with Crippen LogP contribution in [0.1, 0.15) is 24.5 Å². The fourth-order valence-electron chi connectivity index (χ4n) is 1.96. The molecule has 3 nitrogen and oxygen atoms in total. The van der Waals surface area contributed by atoms with E-state index in [9.17, 15) is 4.79 Å². The van der Waals surface area contributed by atoms with Crippen LogP contribution in [0.4, 0.5) is 0 Å². The number of aromatic nitrogens is 1. The Morgan fingerprint density at radius 3 is 2.89 bits per heavy atom. The van der Waals surface area contributed by atoms with Crippen molar-refractivity contribution in [2.75, 3.05) is 6.61 Å². The molecule has 0 aliphatic carbocycles. The van der Waals surface area contributed by atoms with Gasteiger partial charge in [0, 0.05) is 23.6 Å². The zero-order valence-corrected chi connectivity index (χ0v) is 12.0. The van der Waals surface area contributed by atoms with Crippen LogP contribution in [-0.2, 0) is 16.0 Å². The number of ether oxygens (including phenoxy) is 1. The normalized spacial score (nSPS) is 10.4. The Kier molecular flexibility index (Phi) is 4.68. The van der Waals surface area contributed by atoms with Gasteiger partial charge in [-0.1, -0.05) is 18.2 Å². The van der Waals surface area contributed by atoms with Crippen LogP contribution < -0.4 is 0 Å². The maximum absolute atomic E-state index is 11.3. The lowest BCUT2D eigenvalue weighted by atomic mass is 10.0. The monoisotopic (exact) mass is 275 g/mol. The Hall–Kier alpha value is -1.68. The number of benzene rings is 1. The maximum atomic E-state index is 11.3. The van der Waals surface area contributed by atoms with E-state index < -0.39 is 0 Å². The Balaban J connectivity index is 2.05. The van der Waals surface area contributed by atoms with Gasteiger partial charge in [-0.3, -0.25) is 4.79 Å². The number of carbonyl (C=O) groups excluding carboxylic acids is 1. The van der Waals surface area contributed by atoms with Gasteiger partial charge < -0.3 is 4.74 Å². The fraction of sp³-hybridized carbons (Fsp3) is 0.333. The zero-order chi connectivity index (χ0) is 13.7. The van der Waals surface area contributed by atoms with Crippen molar-refractivity contribution in [1.82, 2.24) is 4.98 Å². The van der Waals surface area contributed by atoms with Crippen molar-refractivity contribution in [3.63, 3.8) is 0 Å². The lowest BCUT2D eigenvalue weighted by molar-refractivity contribution is -0.143. The highest BCUT2D eigenvalue weighted by Crippen LogP contribution is 2.26. The standard InChI is InChI=1S/C15H17NO2S/c1-3-18-14(17)7-5-12-4-6-13(11(2)10-12)15-16-8-9-19-15/h4,6,8-10H,3,5,7H2,1-2H3. The van der Waals surface area contributed by atoms with Crippen molar-refractivity contribution in [2.45, 2.75) is 26.7 Å². The SMILES string of the molecule is CCOC(=O)CCc1ccc(-c2nccs2)c(C)c1. The third-order valence-corrected chi connectivity index (χ3v) is 3.68.